The lowest BCUT2D eigenvalue weighted by molar-refractivity contribution is -0.121. The average molecular weight is 350 g/mol. The van der Waals surface area contributed by atoms with Gasteiger partial charge in [0.15, 0.2) is 0 Å². The summed E-state index contributed by atoms with van der Waals surface area (Å²) < 4.78 is 0. The van der Waals surface area contributed by atoms with E-state index in [0.717, 1.165) is 26.2 Å². The van der Waals surface area contributed by atoms with E-state index < -0.39 is 0 Å². The standard InChI is InChI=1S/C17H24ClN5O/c1-12(2)15(10-19)23-8-6-22(7-9-23)13(3)17(24)21-16-5-4-14(18)11-20-16/h4-5,11-13,15H,6-9H2,1-3H3,(H,20,21,24)/t13-,15+/m0/s1. The minimum atomic E-state index is -0.246. The van der Waals surface area contributed by atoms with Gasteiger partial charge in [0.2, 0.25) is 5.91 Å². The number of nitrogens with zero attached hydrogens (tertiary/aromatic N) is 4. The SMILES string of the molecule is CC(C)[C@@H](C#N)N1CCN([C@@H](C)C(=O)Nc2ccc(Cl)cn2)CC1. The van der Waals surface area contributed by atoms with Gasteiger partial charge in [0.25, 0.3) is 0 Å². The first-order valence-corrected chi connectivity index (χ1v) is 8.60. The minimum absolute atomic E-state index is 0.0606. The zero-order chi connectivity index (χ0) is 17.7. The predicted octanol–water partition coefficient (Wildman–Crippen LogP) is 2.23. The Bertz CT molecular complexity index is 590. The van der Waals surface area contributed by atoms with Gasteiger partial charge in [-0.15, -0.1) is 0 Å². The van der Waals surface area contributed by atoms with Crippen molar-refractivity contribution >= 4 is 23.3 Å². The van der Waals surface area contributed by atoms with Gasteiger partial charge in [0.1, 0.15) is 11.9 Å². The number of carbonyl (C=O) groups is 1. The summed E-state index contributed by atoms with van der Waals surface area (Å²) in [4.78, 5) is 20.8. The number of anilines is 1. The molecule has 2 heterocycles. The zero-order valence-corrected chi connectivity index (χ0v) is 15.1. The van der Waals surface area contributed by atoms with E-state index in [1.54, 1.807) is 12.1 Å². The van der Waals surface area contributed by atoms with Crippen LogP contribution in [0, 0.1) is 17.2 Å². The molecule has 0 saturated carbocycles. The fourth-order valence-electron chi connectivity index (χ4n) is 2.90. The third-order valence-corrected chi connectivity index (χ3v) is 4.64. The lowest BCUT2D eigenvalue weighted by Crippen LogP contribution is -2.55. The maximum absolute atomic E-state index is 12.4. The molecule has 1 fully saturated rings. The Balaban J connectivity index is 1.88. The molecular weight excluding hydrogens is 326 g/mol. The molecule has 0 radical (unpaired) electrons. The highest BCUT2D eigenvalue weighted by Crippen LogP contribution is 2.16. The summed E-state index contributed by atoms with van der Waals surface area (Å²) in [7, 11) is 0. The van der Waals surface area contributed by atoms with Crippen molar-refractivity contribution in [2.45, 2.75) is 32.9 Å². The molecule has 0 bridgehead atoms. The van der Waals surface area contributed by atoms with E-state index in [0.29, 0.717) is 16.8 Å². The quantitative estimate of drug-likeness (QED) is 0.882. The Morgan fingerprint density at radius 1 is 1.25 bits per heavy atom. The normalized spacial score (nSPS) is 18.8. The van der Waals surface area contributed by atoms with E-state index in [9.17, 15) is 10.1 Å². The third kappa shape index (κ3) is 4.67. The summed E-state index contributed by atoms with van der Waals surface area (Å²) in [5, 5.41) is 12.7. The maximum atomic E-state index is 12.4. The molecule has 2 atom stereocenters. The summed E-state index contributed by atoms with van der Waals surface area (Å²) in [6, 6.07) is 5.46. The van der Waals surface area contributed by atoms with Gasteiger partial charge in [-0.2, -0.15) is 5.26 Å². The lowest BCUT2D eigenvalue weighted by atomic mass is 10.0. The highest BCUT2D eigenvalue weighted by molar-refractivity contribution is 6.30. The molecule has 6 nitrogen and oxygen atoms in total. The van der Waals surface area contributed by atoms with Crippen LogP contribution in [0.3, 0.4) is 0 Å². The van der Waals surface area contributed by atoms with E-state index in [1.165, 1.54) is 6.20 Å². The second-order valence-corrected chi connectivity index (χ2v) is 6.85. The van der Waals surface area contributed by atoms with Crippen molar-refractivity contribution < 1.29 is 4.79 Å². The lowest BCUT2D eigenvalue weighted by Gasteiger charge is -2.40. The number of piperazine rings is 1. The number of halogens is 1. The van der Waals surface area contributed by atoms with Gasteiger partial charge in [0, 0.05) is 32.4 Å². The molecule has 0 unspecified atom stereocenters. The molecule has 7 heteroatoms. The molecule has 1 saturated heterocycles. The zero-order valence-electron chi connectivity index (χ0n) is 14.4. The van der Waals surface area contributed by atoms with Crippen LogP contribution in [0.15, 0.2) is 18.3 Å². The van der Waals surface area contributed by atoms with Gasteiger partial charge in [-0.1, -0.05) is 25.4 Å². The van der Waals surface area contributed by atoms with E-state index in [1.807, 2.05) is 6.92 Å². The number of nitrogens with one attached hydrogen (secondary N) is 1. The molecular formula is C17H24ClN5O. The molecule has 0 aromatic carbocycles. The van der Waals surface area contributed by atoms with E-state index in [2.05, 4.69) is 40.0 Å². The van der Waals surface area contributed by atoms with Gasteiger partial charge in [-0.05, 0) is 25.0 Å². The highest BCUT2D eigenvalue weighted by atomic mass is 35.5. The number of carbonyl (C=O) groups excluding carboxylic acids is 1. The number of hydrogen-bond donors (Lipinski definition) is 1. The van der Waals surface area contributed by atoms with Crippen LogP contribution in [0.25, 0.3) is 0 Å². The smallest absolute Gasteiger partial charge is 0.242 e. The van der Waals surface area contributed by atoms with Gasteiger partial charge < -0.3 is 5.32 Å². The number of rotatable bonds is 5. The van der Waals surface area contributed by atoms with Crippen LogP contribution in [0.5, 0.6) is 0 Å². The first-order chi connectivity index (χ1) is 11.4. The summed E-state index contributed by atoms with van der Waals surface area (Å²) >= 11 is 5.79. The van der Waals surface area contributed by atoms with Crippen molar-refractivity contribution in [3.8, 4) is 6.07 Å². The summed E-state index contributed by atoms with van der Waals surface area (Å²) in [6.07, 6.45) is 1.51. The third-order valence-electron chi connectivity index (χ3n) is 4.41. The van der Waals surface area contributed by atoms with Crippen LogP contribution >= 0.6 is 11.6 Å². The Morgan fingerprint density at radius 3 is 2.38 bits per heavy atom. The molecule has 1 aliphatic heterocycles. The largest absolute Gasteiger partial charge is 0.309 e. The van der Waals surface area contributed by atoms with E-state index in [4.69, 9.17) is 11.6 Å². The number of pyridine rings is 1. The monoisotopic (exact) mass is 349 g/mol. The number of hydrogen-bond acceptors (Lipinski definition) is 5. The number of aromatic nitrogens is 1. The first-order valence-electron chi connectivity index (χ1n) is 8.22. The highest BCUT2D eigenvalue weighted by Gasteiger charge is 2.29. The van der Waals surface area contributed by atoms with Crippen molar-refractivity contribution in [2.24, 2.45) is 5.92 Å². The Morgan fingerprint density at radius 2 is 1.88 bits per heavy atom. The first kappa shape index (κ1) is 18.7. The van der Waals surface area contributed by atoms with Gasteiger partial charge >= 0.3 is 0 Å². The van der Waals surface area contributed by atoms with E-state index >= 15 is 0 Å². The van der Waals surface area contributed by atoms with Crippen molar-refractivity contribution in [2.75, 3.05) is 31.5 Å². The van der Waals surface area contributed by atoms with Crippen LogP contribution in [0.1, 0.15) is 20.8 Å². The fourth-order valence-corrected chi connectivity index (χ4v) is 3.01. The van der Waals surface area contributed by atoms with Gasteiger partial charge in [-0.25, -0.2) is 4.98 Å². The van der Waals surface area contributed by atoms with Gasteiger partial charge in [0.05, 0.1) is 17.1 Å². The van der Waals surface area contributed by atoms with Crippen molar-refractivity contribution in [3.63, 3.8) is 0 Å². The summed E-state index contributed by atoms with van der Waals surface area (Å²) in [6.45, 7) is 9.16. The topological polar surface area (TPSA) is 72.3 Å². The van der Waals surface area contributed by atoms with Crippen molar-refractivity contribution in [1.29, 1.82) is 5.26 Å². The minimum Gasteiger partial charge on any atom is -0.309 e. The Hall–Kier alpha value is -1.68. The molecule has 1 amide bonds. The molecule has 1 aromatic heterocycles. The Labute approximate surface area is 148 Å². The molecule has 130 valence electrons. The average Bonchev–Trinajstić information content (AvgIpc) is 2.57. The van der Waals surface area contributed by atoms with Crippen LogP contribution in [-0.2, 0) is 4.79 Å². The van der Waals surface area contributed by atoms with Gasteiger partial charge in [-0.3, -0.25) is 14.6 Å². The molecule has 0 aliphatic carbocycles. The van der Waals surface area contributed by atoms with Crippen molar-refractivity contribution in [3.05, 3.63) is 23.4 Å². The van der Waals surface area contributed by atoms with Crippen LogP contribution < -0.4 is 5.32 Å². The predicted molar refractivity (Wildman–Crippen MR) is 94.7 cm³/mol. The van der Waals surface area contributed by atoms with Crippen LogP contribution in [0.2, 0.25) is 5.02 Å². The maximum Gasteiger partial charge on any atom is 0.242 e. The molecule has 2 rings (SSSR count). The molecule has 0 spiro atoms. The van der Waals surface area contributed by atoms with Crippen LogP contribution in [0.4, 0.5) is 5.82 Å². The number of amides is 1. The summed E-state index contributed by atoms with van der Waals surface area (Å²) in [5.74, 6) is 0.719. The molecule has 1 N–H and O–H groups in total. The van der Waals surface area contributed by atoms with E-state index in [-0.39, 0.29) is 18.0 Å². The summed E-state index contributed by atoms with van der Waals surface area (Å²) in [5.41, 5.74) is 0. The molecule has 24 heavy (non-hydrogen) atoms. The Kier molecular flexibility index (Phi) is 6.55. The fraction of sp³-hybridized carbons (Fsp3) is 0.588. The van der Waals surface area contributed by atoms with Crippen molar-refractivity contribution in [1.82, 2.24) is 14.8 Å². The second kappa shape index (κ2) is 8.43. The second-order valence-electron chi connectivity index (χ2n) is 6.42. The van der Waals surface area contributed by atoms with Crippen LogP contribution in [-0.4, -0.2) is 59.0 Å². The molecule has 1 aliphatic rings. The molecule has 1 aromatic rings. The number of nitriles is 1.